The first-order chi connectivity index (χ1) is 1.41. The molecule has 0 rings (SSSR count). The zero-order valence-electron chi connectivity index (χ0n) is 5.89. The Labute approximate surface area is 88.1 Å². The molecule has 0 heterocycles. The molecule has 0 aliphatic heterocycles. The second-order valence-electron chi connectivity index (χ2n) is 0.0745. The zero-order valence-corrected chi connectivity index (χ0v) is 8.44. The van der Waals surface area contributed by atoms with Crippen LogP contribution < -0.4 is 55.6 Å². The predicted molar refractivity (Wildman–Crippen MR) is 34.3 cm³/mol. The van der Waals surface area contributed by atoms with Gasteiger partial charge in [-0.1, -0.05) is 0 Å². The van der Waals surface area contributed by atoms with Gasteiger partial charge in [-0.05, 0) is 0 Å². The van der Waals surface area contributed by atoms with Crippen LogP contribution in [0.25, 0.3) is 0 Å². The minimum absolute atomic E-state index is 0. The Morgan fingerprint density at radius 2 is 0.818 bits per heavy atom. The van der Waals surface area contributed by atoms with E-state index < -0.39 is 0 Å². The van der Waals surface area contributed by atoms with Gasteiger partial charge in [0.2, 0.25) is 0 Å². The van der Waals surface area contributed by atoms with Crippen molar-refractivity contribution in [1.29, 1.82) is 0 Å². The minimum atomic E-state index is 0. The smallest absolute Gasteiger partial charge is 1.00 e. The van der Waals surface area contributed by atoms with E-state index in [1.165, 1.54) is 0 Å². The van der Waals surface area contributed by atoms with Crippen molar-refractivity contribution in [3.63, 3.8) is 0 Å². The van der Waals surface area contributed by atoms with Gasteiger partial charge in [0.25, 0.3) is 0 Å². The Kier molecular flexibility index (Phi) is 11100. The SMILES string of the molecule is N.N.N.N.N.O=N[O-].[Cl-].[Cl-].[Co+3]. The Morgan fingerprint density at radius 3 is 0.818 bits per heavy atom. The third-order valence-corrected chi connectivity index (χ3v) is 0. The molecular formula is H15Cl2CoN6O2. The van der Waals surface area contributed by atoms with E-state index in [0.29, 0.717) is 0 Å². The molecule has 0 bridgehead atoms. The zero-order chi connectivity index (χ0) is 2.71. The van der Waals surface area contributed by atoms with Crippen LogP contribution in [0.2, 0.25) is 0 Å². The van der Waals surface area contributed by atoms with Crippen molar-refractivity contribution >= 4 is 0 Å². The van der Waals surface area contributed by atoms with Crippen molar-refractivity contribution in [1.82, 2.24) is 30.8 Å². The fraction of sp³-hybridized carbons (Fsp3) is 0. The molecule has 0 radical (unpaired) electrons. The summed E-state index contributed by atoms with van der Waals surface area (Å²) in [5, 5.41) is 9.00. The summed E-state index contributed by atoms with van der Waals surface area (Å²) in [5.41, 5.74) is 0. The molecule has 11 heteroatoms. The van der Waals surface area contributed by atoms with Crippen LogP contribution in [0.3, 0.4) is 0 Å². The largest absolute Gasteiger partial charge is 3.00 e. The maximum Gasteiger partial charge on any atom is 3.00 e. The number of nitrogens with zero attached hydrogens (tertiary/aromatic N) is 1. The van der Waals surface area contributed by atoms with E-state index in [-0.39, 0.29) is 72.3 Å². The topological polar surface area (TPSA) is 227 Å². The molecule has 0 aliphatic carbocycles. The Balaban J connectivity index is -0.000000000714. The molecule has 15 N–H and O–H groups in total. The predicted octanol–water partition coefficient (Wildman–Crippen LogP) is -4.93. The average Bonchev–Trinajstić information content (AvgIpc) is 0.918. The number of hydrogen-bond donors (Lipinski definition) is 5. The molecule has 0 unspecified atom stereocenters. The molecule has 0 saturated heterocycles. The Bertz CT molecular complexity index is 26.1. The molecule has 80 valence electrons. The van der Waals surface area contributed by atoms with Crippen LogP contribution >= 0.6 is 0 Å². The fourth-order valence-corrected chi connectivity index (χ4v) is 0. The number of halogens is 2. The van der Waals surface area contributed by atoms with Crippen LogP contribution in [-0.4, -0.2) is 0 Å². The van der Waals surface area contributed by atoms with Gasteiger partial charge in [-0.15, -0.1) is 5.34 Å². The van der Waals surface area contributed by atoms with Crippen LogP contribution in [0.15, 0.2) is 5.34 Å². The molecule has 11 heavy (non-hydrogen) atoms. The van der Waals surface area contributed by atoms with Gasteiger partial charge in [0.05, 0.1) is 0 Å². The van der Waals surface area contributed by atoms with Gasteiger partial charge in [-0.25, -0.2) is 0 Å². The summed E-state index contributed by atoms with van der Waals surface area (Å²) in [6.45, 7) is 0. The van der Waals surface area contributed by atoms with E-state index in [1.54, 1.807) is 0 Å². The van der Waals surface area contributed by atoms with E-state index >= 15 is 0 Å². The van der Waals surface area contributed by atoms with Crippen molar-refractivity contribution in [3.05, 3.63) is 10.1 Å². The van der Waals surface area contributed by atoms with Gasteiger partial charge in [-0.2, -0.15) is 0 Å². The summed E-state index contributed by atoms with van der Waals surface area (Å²) in [7, 11) is 0. The van der Waals surface area contributed by atoms with Gasteiger partial charge in [0, 0.05) is 0 Å². The second-order valence-corrected chi connectivity index (χ2v) is 0.0745. The van der Waals surface area contributed by atoms with E-state index in [4.69, 9.17) is 10.1 Å². The fourth-order valence-electron chi connectivity index (χ4n) is 0. The summed E-state index contributed by atoms with van der Waals surface area (Å²) >= 11 is 0. The molecule has 0 aliphatic rings. The second kappa shape index (κ2) is 536. The maximum absolute atomic E-state index is 8.00. The van der Waals surface area contributed by atoms with Gasteiger partial charge in [-0.3, -0.25) is 0 Å². The van der Waals surface area contributed by atoms with Crippen LogP contribution in [0.4, 0.5) is 0 Å². The first kappa shape index (κ1) is 228. The molecule has 0 spiro atoms. The van der Waals surface area contributed by atoms with E-state index in [9.17, 15) is 0 Å². The van der Waals surface area contributed by atoms with E-state index in [2.05, 4.69) is 0 Å². The third-order valence-electron chi connectivity index (χ3n) is 0. The molecule has 0 fully saturated rings. The van der Waals surface area contributed by atoms with Crippen LogP contribution in [0, 0.1) is 10.1 Å². The quantitative estimate of drug-likeness (QED) is 0.210. The van der Waals surface area contributed by atoms with Crippen molar-refractivity contribution in [2.45, 2.75) is 0 Å². The number of rotatable bonds is 0. The molecule has 0 amide bonds. The Hall–Kier alpha value is 0.286. The van der Waals surface area contributed by atoms with Crippen LogP contribution in [0.1, 0.15) is 0 Å². The van der Waals surface area contributed by atoms with Gasteiger partial charge >= 0.3 is 16.8 Å². The first-order valence-corrected chi connectivity index (χ1v) is 0.365. The Morgan fingerprint density at radius 1 is 0.818 bits per heavy atom. The standard InChI is InChI=1S/2ClH.Co.HNO2.5H3N/c;;;2-1-3;;;;;/h2*1H;;(H,2,3);5*1H3/q;;+3;;;;;;/p-3. The van der Waals surface area contributed by atoms with Crippen molar-refractivity contribution in [2.24, 2.45) is 5.34 Å². The normalized spacial score (nSPS) is 1.09. The van der Waals surface area contributed by atoms with Gasteiger partial charge < -0.3 is 65.7 Å². The monoisotopic (exact) mass is 260 g/mol. The van der Waals surface area contributed by atoms with Crippen LogP contribution in [0.5, 0.6) is 0 Å². The molecule has 0 atom stereocenters. The molecule has 8 nitrogen and oxygen atoms in total. The average molecular weight is 261 g/mol. The summed E-state index contributed by atoms with van der Waals surface area (Å²) in [4.78, 5) is 8.00. The summed E-state index contributed by atoms with van der Waals surface area (Å²) in [5.74, 6) is 0. The van der Waals surface area contributed by atoms with Gasteiger partial charge in [0.15, 0.2) is 0 Å². The third kappa shape index (κ3) is 8610. The first-order valence-electron chi connectivity index (χ1n) is 0.365. The summed E-state index contributed by atoms with van der Waals surface area (Å²) in [6, 6.07) is 0. The van der Waals surface area contributed by atoms with E-state index in [0.717, 1.165) is 5.34 Å². The van der Waals surface area contributed by atoms with Gasteiger partial charge in [0.1, 0.15) is 0 Å². The van der Waals surface area contributed by atoms with Crippen LogP contribution in [-0.2, 0) is 16.8 Å². The van der Waals surface area contributed by atoms with Crippen molar-refractivity contribution < 1.29 is 41.6 Å². The molecular weight excluding hydrogens is 246 g/mol. The van der Waals surface area contributed by atoms with Crippen molar-refractivity contribution in [2.75, 3.05) is 0 Å². The van der Waals surface area contributed by atoms with Crippen molar-refractivity contribution in [3.8, 4) is 0 Å². The molecule has 0 aromatic carbocycles. The molecule has 0 saturated carbocycles. The van der Waals surface area contributed by atoms with E-state index in [1.807, 2.05) is 0 Å². The summed E-state index contributed by atoms with van der Waals surface area (Å²) in [6.07, 6.45) is 0. The minimum Gasteiger partial charge on any atom is -1.00 e. The molecule has 0 aromatic rings. The number of hydrogen-bond acceptors (Lipinski definition) is 8. The molecule has 0 aromatic heterocycles. The summed E-state index contributed by atoms with van der Waals surface area (Å²) < 4.78 is 0. The maximum atomic E-state index is 8.00.